The van der Waals surface area contributed by atoms with Crippen molar-refractivity contribution in [3.63, 3.8) is 0 Å². The molecule has 2 heteroatoms. The molecule has 29 heavy (non-hydrogen) atoms. The van der Waals surface area contributed by atoms with E-state index >= 15 is 0 Å². The van der Waals surface area contributed by atoms with E-state index in [2.05, 4.69) is 56.3 Å². The highest BCUT2D eigenvalue weighted by Crippen LogP contribution is 2.41. The van der Waals surface area contributed by atoms with Crippen LogP contribution in [0.3, 0.4) is 0 Å². The Labute approximate surface area is 176 Å². The molecule has 2 nitrogen and oxygen atoms in total. The number of rotatable bonds is 12. The number of benzene rings is 2. The fourth-order valence-electron chi connectivity index (χ4n) is 4.35. The van der Waals surface area contributed by atoms with Gasteiger partial charge < -0.3 is 4.74 Å². The van der Waals surface area contributed by atoms with Crippen LogP contribution in [0.4, 0.5) is 0 Å². The van der Waals surface area contributed by atoms with E-state index in [1.807, 2.05) is 0 Å². The summed E-state index contributed by atoms with van der Waals surface area (Å²) in [5, 5.41) is 2.50. The van der Waals surface area contributed by atoms with Crippen LogP contribution in [0.2, 0.25) is 0 Å². The molecule has 0 fully saturated rings. The summed E-state index contributed by atoms with van der Waals surface area (Å²) in [6.07, 6.45) is 14.6. The number of hydrogen-bond acceptors (Lipinski definition) is 2. The molecular weight excluding hydrogens is 356 g/mol. The number of allylic oxidation sites excluding steroid dienone is 1. The summed E-state index contributed by atoms with van der Waals surface area (Å²) in [6.45, 7) is 4.37. The quantitative estimate of drug-likeness (QED) is 0.269. The molecule has 1 aliphatic rings. The van der Waals surface area contributed by atoms with Gasteiger partial charge in [-0.3, -0.25) is 4.79 Å². The van der Waals surface area contributed by atoms with Gasteiger partial charge >= 0.3 is 5.97 Å². The SMILES string of the molecule is CCCCCCCCCC1=CC(OC(=O)CCCC)c2cccc3cccc1c23. The molecule has 2 aromatic rings. The minimum absolute atomic E-state index is 0.0836. The summed E-state index contributed by atoms with van der Waals surface area (Å²) < 4.78 is 5.93. The van der Waals surface area contributed by atoms with Crippen molar-refractivity contribution in [3.8, 4) is 0 Å². The maximum atomic E-state index is 12.3. The Morgan fingerprint density at radius 3 is 2.31 bits per heavy atom. The Hall–Kier alpha value is -2.09. The van der Waals surface area contributed by atoms with Gasteiger partial charge in [0.1, 0.15) is 6.10 Å². The molecule has 2 aromatic carbocycles. The molecule has 1 atom stereocenters. The zero-order chi connectivity index (χ0) is 20.5. The van der Waals surface area contributed by atoms with Crippen LogP contribution in [0.1, 0.15) is 102 Å². The molecule has 0 radical (unpaired) electrons. The Bertz CT molecular complexity index is 828. The summed E-state index contributed by atoms with van der Waals surface area (Å²) in [7, 11) is 0. The standard InChI is InChI=1S/C27H36O2/c1-3-5-7-8-9-10-11-14-22-20-25(29-26(28)19-6-4-2)24-18-13-16-21-15-12-17-23(22)27(21)24/h12-13,15-18,20,25H,3-11,14,19H2,1-2H3. The molecule has 1 aliphatic carbocycles. The van der Waals surface area contributed by atoms with Gasteiger partial charge in [0.15, 0.2) is 0 Å². The van der Waals surface area contributed by atoms with E-state index in [9.17, 15) is 4.79 Å². The van der Waals surface area contributed by atoms with Gasteiger partial charge in [0, 0.05) is 12.0 Å². The van der Waals surface area contributed by atoms with Crippen LogP contribution in [0.25, 0.3) is 16.3 Å². The van der Waals surface area contributed by atoms with Crippen molar-refractivity contribution < 1.29 is 9.53 Å². The van der Waals surface area contributed by atoms with E-state index in [1.165, 1.54) is 66.9 Å². The van der Waals surface area contributed by atoms with Crippen molar-refractivity contribution in [1.29, 1.82) is 0 Å². The highest BCUT2D eigenvalue weighted by Gasteiger charge is 2.24. The maximum Gasteiger partial charge on any atom is 0.306 e. The molecular formula is C27H36O2. The van der Waals surface area contributed by atoms with Crippen LogP contribution in [0.5, 0.6) is 0 Å². The van der Waals surface area contributed by atoms with Crippen molar-refractivity contribution >= 4 is 22.3 Å². The van der Waals surface area contributed by atoms with Crippen LogP contribution >= 0.6 is 0 Å². The monoisotopic (exact) mass is 392 g/mol. The Morgan fingerprint density at radius 1 is 0.862 bits per heavy atom. The number of carbonyl (C=O) groups excluding carboxylic acids is 1. The fourth-order valence-corrected chi connectivity index (χ4v) is 4.35. The van der Waals surface area contributed by atoms with Crippen molar-refractivity contribution in [1.82, 2.24) is 0 Å². The molecule has 0 aromatic heterocycles. The summed E-state index contributed by atoms with van der Waals surface area (Å²) in [4.78, 5) is 12.3. The smallest absolute Gasteiger partial charge is 0.306 e. The molecule has 0 spiro atoms. The number of hydrogen-bond donors (Lipinski definition) is 0. The second-order valence-electron chi connectivity index (χ2n) is 8.33. The third-order valence-electron chi connectivity index (χ3n) is 5.98. The lowest BCUT2D eigenvalue weighted by Gasteiger charge is -2.25. The first-order valence-electron chi connectivity index (χ1n) is 11.7. The van der Waals surface area contributed by atoms with Gasteiger partial charge in [0.25, 0.3) is 0 Å². The third kappa shape index (κ3) is 5.72. The van der Waals surface area contributed by atoms with E-state index in [4.69, 9.17) is 4.74 Å². The lowest BCUT2D eigenvalue weighted by molar-refractivity contribution is -0.147. The Kier molecular flexibility index (Phi) is 8.34. The molecule has 0 saturated carbocycles. The maximum absolute atomic E-state index is 12.3. The number of ether oxygens (including phenoxy) is 1. The molecule has 156 valence electrons. The summed E-state index contributed by atoms with van der Waals surface area (Å²) in [5.41, 5.74) is 3.80. The highest BCUT2D eigenvalue weighted by molar-refractivity contribution is 5.98. The van der Waals surface area contributed by atoms with Gasteiger partial charge in [-0.2, -0.15) is 0 Å². The van der Waals surface area contributed by atoms with Gasteiger partial charge in [-0.05, 0) is 47.2 Å². The van der Waals surface area contributed by atoms with Crippen molar-refractivity contribution in [2.45, 2.75) is 90.6 Å². The molecule has 0 bridgehead atoms. The Morgan fingerprint density at radius 2 is 1.55 bits per heavy atom. The molecule has 1 unspecified atom stereocenters. The van der Waals surface area contributed by atoms with Crippen molar-refractivity contribution in [2.75, 3.05) is 0 Å². The average Bonchev–Trinajstić information content (AvgIpc) is 2.74. The molecule has 0 N–H and O–H groups in total. The first-order valence-corrected chi connectivity index (χ1v) is 11.7. The van der Waals surface area contributed by atoms with Gasteiger partial charge in [-0.25, -0.2) is 0 Å². The van der Waals surface area contributed by atoms with E-state index in [0.717, 1.165) is 24.8 Å². The van der Waals surface area contributed by atoms with Gasteiger partial charge in [-0.1, -0.05) is 95.2 Å². The second-order valence-corrected chi connectivity index (χ2v) is 8.33. The van der Waals surface area contributed by atoms with Gasteiger partial charge in [0.05, 0.1) is 0 Å². The minimum atomic E-state index is -0.252. The average molecular weight is 393 g/mol. The normalized spacial score (nSPS) is 15.4. The van der Waals surface area contributed by atoms with Crippen LogP contribution in [0, 0.1) is 0 Å². The van der Waals surface area contributed by atoms with Crippen LogP contribution < -0.4 is 0 Å². The largest absolute Gasteiger partial charge is 0.453 e. The fraction of sp³-hybridized carbons (Fsp3) is 0.519. The lowest BCUT2D eigenvalue weighted by Crippen LogP contribution is -2.13. The van der Waals surface area contributed by atoms with E-state index < -0.39 is 0 Å². The zero-order valence-electron chi connectivity index (χ0n) is 18.2. The van der Waals surface area contributed by atoms with Crippen molar-refractivity contribution in [2.24, 2.45) is 0 Å². The lowest BCUT2D eigenvalue weighted by atomic mass is 9.84. The Balaban J connectivity index is 1.73. The molecule has 0 amide bonds. The van der Waals surface area contributed by atoms with E-state index in [-0.39, 0.29) is 12.1 Å². The number of carbonyl (C=O) groups is 1. The van der Waals surface area contributed by atoms with Gasteiger partial charge in [0.2, 0.25) is 0 Å². The molecule has 0 heterocycles. The first kappa shape index (κ1) is 21.6. The topological polar surface area (TPSA) is 26.3 Å². The third-order valence-corrected chi connectivity index (χ3v) is 5.98. The summed E-state index contributed by atoms with van der Waals surface area (Å²) >= 11 is 0. The summed E-state index contributed by atoms with van der Waals surface area (Å²) in [6, 6.07) is 12.9. The van der Waals surface area contributed by atoms with Crippen molar-refractivity contribution in [3.05, 3.63) is 53.6 Å². The summed E-state index contributed by atoms with van der Waals surface area (Å²) in [5.74, 6) is -0.0836. The van der Waals surface area contributed by atoms with E-state index in [0.29, 0.717) is 6.42 Å². The van der Waals surface area contributed by atoms with Crippen LogP contribution in [-0.2, 0) is 9.53 Å². The van der Waals surface area contributed by atoms with Crippen LogP contribution in [0.15, 0.2) is 42.5 Å². The van der Waals surface area contributed by atoms with E-state index in [1.54, 1.807) is 0 Å². The minimum Gasteiger partial charge on any atom is -0.453 e. The zero-order valence-corrected chi connectivity index (χ0v) is 18.2. The second kappa shape index (κ2) is 11.2. The predicted octanol–water partition coefficient (Wildman–Crippen LogP) is 8.15. The predicted molar refractivity (Wildman–Crippen MR) is 123 cm³/mol. The first-order chi connectivity index (χ1) is 14.2. The van der Waals surface area contributed by atoms with Crippen LogP contribution in [-0.4, -0.2) is 5.97 Å². The number of esters is 1. The number of unbranched alkanes of at least 4 members (excludes halogenated alkanes) is 7. The molecule has 0 aliphatic heterocycles. The molecule has 3 rings (SSSR count). The molecule has 0 saturated heterocycles. The highest BCUT2D eigenvalue weighted by atomic mass is 16.5. The van der Waals surface area contributed by atoms with Gasteiger partial charge in [-0.15, -0.1) is 0 Å².